The molecule has 1 aliphatic heterocycles. The van der Waals surface area contributed by atoms with Crippen molar-refractivity contribution in [3.05, 3.63) is 94.2 Å². The first-order valence-electron chi connectivity index (χ1n) is 9.83. The number of hydrogen-bond donors (Lipinski definition) is 0. The lowest BCUT2D eigenvalue weighted by Crippen LogP contribution is -2.45. The maximum atomic E-state index is 12.8. The molecule has 5 nitrogen and oxygen atoms in total. The molecule has 0 saturated heterocycles. The molecule has 1 aliphatic rings. The fourth-order valence-electron chi connectivity index (χ4n) is 4.03. The number of pyridine rings is 1. The van der Waals surface area contributed by atoms with Crippen LogP contribution in [0.3, 0.4) is 0 Å². The molecular formula is C23H25BrClN3O2S. The van der Waals surface area contributed by atoms with Crippen molar-refractivity contribution < 1.29 is 8.42 Å². The molecule has 0 amide bonds. The molecule has 0 spiro atoms. The van der Waals surface area contributed by atoms with Gasteiger partial charge in [-0.25, -0.2) is 8.42 Å². The average Bonchev–Trinajstić information content (AvgIpc) is 2.86. The number of anilines is 1. The number of aromatic nitrogens is 1. The van der Waals surface area contributed by atoms with Gasteiger partial charge in [0.15, 0.2) is 0 Å². The van der Waals surface area contributed by atoms with Gasteiger partial charge in [0, 0.05) is 48.2 Å². The van der Waals surface area contributed by atoms with Gasteiger partial charge in [-0.2, -0.15) is 4.31 Å². The zero-order valence-corrected chi connectivity index (χ0v) is 20.4. The van der Waals surface area contributed by atoms with Gasteiger partial charge in [0.2, 0.25) is 10.0 Å². The standard InChI is InChI=1S/C23H24BrN3O2S.ClH/c1-30(28,29)27-16-20-13-21(24)9-10-23(20)26(15-19-8-5-11-25-14-19)17-22(27)12-18-6-3-2-4-7-18;/h2-11,13-14,22H,12,15-17H2,1H3;1H/t22-;/m1./s1. The topological polar surface area (TPSA) is 53.5 Å². The van der Waals surface area contributed by atoms with Crippen LogP contribution in [0, 0.1) is 0 Å². The lowest BCUT2D eigenvalue weighted by Gasteiger charge is -2.31. The van der Waals surface area contributed by atoms with Crippen molar-refractivity contribution in [2.24, 2.45) is 0 Å². The fraction of sp³-hybridized carbons (Fsp3) is 0.261. The Labute approximate surface area is 198 Å². The van der Waals surface area contributed by atoms with Crippen LogP contribution >= 0.6 is 28.3 Å². The summed E-state index contributed by atoms with van der Waals surface area (Å²) in [5, 5.41) is 0. The van der Waals surface area contributed by atoms with Crippen molar-refractivity contribution >= 4 is 44.0 Å². The van der Waals surface area contributed by atoms with E-state index in [0.29, 0.717) is 26.1 Å². The SMILES string of the molecule is CS(=O)(=O)N1Cc2cc(Br)ccc2N(Cc2cccnc2)C[C@H]1Cc1ccccc1.Cl. The van der Waals surface area contributed by atoms with E-state index >= 15 is 0 Å². The summed E-state index contributed by atoms with van der Waals surface area (Å²) >= 11 is 3.55. The summed E-state index contributed by atoms with van der Waals surface area (Å²) in [5.41, 5.74) is 4.28. The van der Waals surface area contributed by atoms with Crippen LogP contribution in [-0.4, -0.2) is 36.5 Å². The molecule has 0 aliphatic carbocycles. The van der Waals surface area contributed by atoms with Crippen molar-refractivity contribution in [1.82, 2.24) is 9.29 Å². The molecule has 1 atom stereocenters. The Morgan fingerprint density at radius 2 is 1.81 bits per heavy atom. The first kappa shape index (κ1) is 23.7. The zero-order valence-electron chi connectivity index (χ0n) is 17.2. The van der Waals surface area contributed by atoms with Gasteiger partial charge in [-0.1, -0.05) is 52.3 Å². The first-order chi connectivity index (χ1) is 14.4. The first-order valence-corrected chi connectivity index (χ1v) is 12.5. The van der Waals surface area contributed by atoms with Crippen molar-refractivity contribution in [3.63, 3.8) is 0 Å². The number of halogens is 2. The third kappa shape index (κ3) is 5.86. The summed E-state index contributed by atoms with van der Waals surface area (Å²) in [5.74, 6) is 0. The Balaban J connectivity index is 0.00000272. The predicted octanol–water partition coefficient (Wildman–Crippen LogP) is 4.66. The van der Waals surface area contributed by atoms with Crippen LogP contribution in [0.2, 0.25) is 0 Å². The van der Waals surface area contributed by atoms with Crippen molar-refractivity contribution in [3.8, 4) is 0 Å². The van der Waals surface area contributed by atoms with Gasteiger partial charge in [-0.05, 0) is 47.4 Å². The van der Waals surface area contributed by atoms with Crippen LogP contribution in [0.4, 0.5) is 5.69 Å². The third-order valence-electron chi connectivity index (χ3n) is 5.38. The maximum Gasteiger partial charge on any atom is 0.211 e. The number of fused-ring (bicyclic) bond motifs is 1. The highest BCUT2D eigenvalue weighted by atomic mass is 79.9. The van der Waals surface area contributed by atoms with Gasteiger partial charge in [-0.15, -0.1) is 12.4 Å². The summed E-state index contributed by atoms with van der Waals surface area (Å²) in [6.07, 6.45) is 5.59. The monoisotopic (exact) mass is 521 g/mol. The molecule has 0 fully saturated rings. The van der Waals surface area contributed by atoms with Crippen molar-refractivity contribution in [1.29, 1.82) is 0 Å². The number of rotatable bonds is 5. The lowest BCUT2D eigenvalue weighted by molar-refractivity contribution is 0.320. The Kier molecular flexibility index (Phi) is 7.75. The van der Waals surface area contributed by atoms with Crippen LogP contribution in [0.15, 0.2) is 77.5 Å². The Morgan fingerprint density at radius 3 is 2.48 bits per heavy atom. The summed E-state index contributed by atoms with van der Waals surface area (Å²) < 4.78 is 28.2. The fourth-order valence-corrected chi connectivity index (χ4v) is 5.50. The molecule has 0 N–H and O–H groups in total. The molecule has 1 aromatic heterocycles. The Hall–Kier alpha value is -1.93. The zero-order chi connectivity index (χ0) is 21.1. The number of nitrogens with zero attached hydrogens (tertiary/aromatic N) is 3. The molecule has 0 bridgehead atoms. The van der Waals surface area contributed by atoms with Gasteiger partial charge >= 0.3 is 0 Å². The lowest BCUT2D eigenvalue weighted by atomic mass is 10.1. The van der Waals surface area contributed by atoms with E-state index in [1.54, 1.807) is 10.5 Å². The molecule has 31 heavy (non-hydrogen) atoms. The van der Waals surface area contributed by atoms with E-state index in [2.05, 4.69) is 50.1 Å². The third-order valence-corrected chi connectivity index (χ3v) is 7.16. The van der Waals surface area contributed by atoms with Gasteiger partial charge in [0.05, 0.1) is 6.26 Å². The summed E-state index contributed by atoms with van der Waals surface area (Å²) in [6, 6.07) is 20.0. The van der Waals surface area contributed by atoms with E-state index in [1.807, 2.05) is 42.6 Å². The van der Waals surface area contributed by atoms with Crippen molar-refractivity contribution in [2.75, 3.05) is 17.7 Å². The number of sulfonamides is 1. The largest absolute Gasteiger partial charge is 0.365 e. The second-order valence-electron chi connectivity index (χ2n) is 7.67. The maximum absolute atomic E-state index is 12.8. The van der Waals surface area contributed by atoms with E-state index < -0.39 is 10.0 Å². The number of benzene rings is 2. The van der Waals surface area contributed by atoms with Gasteiger partial charge in [0.25, 0.3) is 0 Å². The van der Waals surface area contributed by atoms with Crippen molar-refractivity contribution in [2.45, 2.75) is 25.6 Å². The van der Waals surface area contributed by atoms with E-state index in [0.717, 1.165) is 26.9 Å². The van der Waals surface area contributed by atoms with Crippen LogP contribution in [0.1, 0.15) is 16.7 Å². The average molecular weight is 523 g/mol. The molecule has 4 rings (SSSR count). The minimum absolute atomic E-state index is 0. The van der Waals surface area contributed by atoms with Crippen LogP contribution < -0.4 is 4.90 Å². The highest BCUT2D eigenvalue weighted by Gasteiger charge is 2.33. The quantitative estimate of drug-likeness (QED) is 0.489. The predicted molar refractivity (Wildman–Crippen MR) is 131 cm³/mol. The van der Waals surface area contributed by atoms with Gasteiger partial charge < -0.3 is 4.90 Å². The molecule has 3 aromatic rings. The molecule has 164 valence electrons. The van der Waals surface area contributed by atoms with Gasteiger partial charge in [-0.3, -0.25) is 4.98 Å². The van der Waals surface area contributed by atoms with Crippen LogP contribution in [0.25, 0.3) is 0 Å². The molecule has 8 heteroatoms. The molecule has 0 unspecified atom stereocenters. The highest BCUT2D eigenvalue weighted by Crippen LogP contribution is 2.33. The smallest absolute Gasteiger partial charge is 0.211 e. The second kappa shape index (κ2) is 10.1. The van der Waals surface area contributed by atoms with E-state index in [-0.39, 0.29) is 18.4 Å². The molecular weight excluding hydrogens is 498 g/mol. The highest BCUT2D eigenvalue weighted by molar-refractivity contribution is 9.10. The van der Waals surface area contributed by atoms with Crippen LogP contribution in [-0.2, 0) is 29.5 Å². The number of hydrogen-bond acceptors (Lipinski definition) is 4. The molecule has 2 heterocycles. The Bertz CT molecular complexity index is 1110. The molecule has 2 aromatic carbocycles. The van der Waals surface area contributed by atoms with Crippen LogP contribution in [0.5, 0.6) is 0 Å². The summed E-state index contributed by atoms with van der Waals surface area (Å²) in [6.45, 7) is 1.63. The van der Waals surface area contributed by atoms with E-state index in [1.165, 1.54) is 6.26 Å². The second-order valence-corrected chi connectivity index (χ2v) is 10.5. The summed E-state index contributed by atoms with van der Waals surface area (Å²) in [7, 11) is -3.39. The minimum atomic E-state index is -3.39. The normalized spacial score (nSPS) is 16.8. The molecule has 0 saturated carbocycles. The van der Waals surface area contributed by atoms with Gasteiger partial charge in [0.1, 0.15) is 0 Å². The minimum Gasteiger partial charge on any atom is -0.365 e. The summed E-state index contributed by atoms with van der Waals surface area (Å²) in [4.78, 5) is 6.52. The van der Waals surface area contributed by atoms with E-state index in [4.69, 9.17) is 0 Å². The van der Waals surface area contributed by atoms with E-state index in [9.17, 15) is 8.42 Å². The Morgan fingerprint density at radius 1 is 1.06 bits per heavy atom. The molecule has 0 radical (unpaired) electrons.